The molecule has 1 aromatic rings. The highest BCUT2D eigenvalue weighted by molar-refractivity contribution is 5.26. The third kappa shape index (κ3) is 2.63. The number of aliphatic hydroxyl groups is 1. The normalized spacial score (nSPS) is 20.9. The molecule has 2 rings (SSSR count). The van der Waals surface area contributed by atoms with Crippen LogP contribution in [0.25, 0.3) is 0 Å². The standard InChI is InChI=1S/C14H21NO/c1-11(16)12-3-5-13(6-4-12)14-7-9-15(2)10-8-14/h3-6,11,14,16H,7-10H2,1-2H3. The SMILES string of the molecule is CC(O)c1ccc(C2CCN(C)CC2)cc1. The van der Waals surface area contributed by atoms with Crippen LogP contribution in [0.5, 0.6) is 0 Å². The first-order chi connectivity index (χ1) is 7.66. The average Bonchev–Trinajstić information content (AvgIpc) is 2.30. The molecule has 0 bridgehead atoms. The number of rotatable bonds is 2. The van der Waals surface area contributed by atoms with Gasteiger partial charge in [0, 0.05) is 0 Å². The van der Waals surface area contributed by atoms with Crippen LogP contribution in [0.3, 0.4) is 0 Å². The molecule has 2 heteroatoms. The third-order valence-corrected chi connectivity index (χ3v) is 3.61. The Balaban J connectivity index is 2.04. The van der Waals surface area contributed by atoms with Crippen molar-refractivity contribution in [1.29, 1.82) is 0 Å². The second-order valence-electron chi connectivity index (χ2n) is 4.92. The van der Waals surface area contributed by atoms with Crippen molar-refractivity contribution in [2.45, 2.75) is 31.8 Å². The van der Waals surface area contributed by atoms with Crippen LogP contribution in [0.15, 0.2) is 24.3 Å². The van der Waals surface area contributed by atoms with Crippen LogP contribution in [-0.4, -0.2) is 30.1 Å². The topological polar surface area (TPSA) is 23.5 Å². The van der Waals surface area contributed by atoms with Gasteiger partial charge in [-0.25, -0.2) is 0 Å². The van der Waals surface area contributed by atoms with Gasteiger partial charge in [-0.05, 0) is 56.9 Å². The zero-order valence-electron chi connectivity index (χ0n) is 10.2. The molecule has 0 aromatic heterocycles. The number of hydrogen-bond donors (Lipinski definition) is 1. The number of aliphatic hydroxyl groups excluding tert-OH is 1. The molecular weight excluding hydrogens is 198 g/mol. The van der Waals surface area contributed by atoms with E-state index >= 15 is 0 Å². The van der Waals surface area contributed by atoms with Crippen molar-refractivity contribution >= 4 is 0 Å². The summed E-state index contributed by atoms with van der Waals surface area (Å²) < 4.78 is 0. The Kier molecular flexibility index (Phi) is 3.62. The van der Waals surface area contributed by atoms with E-state index in [1.54, 1.807) is 0 Å². The lowest BCUT2D eigenvalue weighted by Crippen LogP contribution is -2.29. The lowest BCUT2D eigenvalue weighted by Gasteiger charge is -2.29. The fraction of sp³-hybridized carbons (Fsp3) is 0.571. The summed E-state index contributed by atoms with van der Waals surface area (Å²) >= 11 is 0. The first kappa shape index (κ1) is 11.6. The molecule has 0 aliphatic carbocycles. The Labute approximate surface area is 97.9 Å². The van der Waals surface area contributed by atoms with Gasteiger partial charge in [0.1, 0.15) is 0 Å². The lowest BCUT2D eigenvalue weighted by atomic mass is 9.89. The van der Waals surface area contributed by atoms with Crippen molar-refractivity contribution in [3.05, 3.63) is 35.4 Å². The number of piperidine rings is 1. The summed E-state index contributed by atoms with van der Waals surface area (Å²) in [5.41, 5.74) is 2.44. The Morgan fingerprint density at radius 1 is 1.19 bits per heavy atom. The highest BCUT2D eigenvalue weighted by Gasteiger charge is 2.18. The van der Waals surface area contributed by atoms with Crippen LogP contribution in [0, 0.1) is 0 Å². The summed E-state index contributed by atoms with van der Waals surface area (Å²) in [6, 6.07) is 8.46. The maximum absolute atomic E-state index is 9.45. The van der Waals surface area contributed by atoms with Gasteiger partial charge in [-0.1, -0.05) is 24.3 Å². The molecule has 1 heterocycles. The molecule has 0 radical (unpaired) electrons. The number of likely N-dealkylation sites (tertiary alicyclic amines) is 1. The molecule has 1 aliphatic heterocycles. The molecule has 88 valence electrons. The summed E-state index contributed by atoms with van der Waals surface area (Å²) in [5.74, 6) is 0.708. The van der Waals surface area contributed by atoms with Gasteiger partial charge < -0.3 is 10.0 Å². The second kappa shape index (κ2) is 4.98. The summed E-state index contributed by atoms with van der Waals surface area (Å²) in [6.07, 6.45) is 2.15. The number of hydrogen-bond acceptors (Lipinski definition) is 2. The second-order valence-corrected chi connectivity index (χ2v) is 4.92. The van der Waals surface area contributed by atoms with E-state index in [1.807, 2.05) is 6.92 Å². The number of nitrogens with zero attached hydrogens (tertiary/aromatic N) is 1. The monoisotopic (exact) mass is 219 g/mol. The molecule has 0 amide bonds. The van der Waals surface area contributed by atoms with E-state index in [0.29, 0.717) is 5.92 Å². The van der Waals surface area contributed by atoms with Gasteiger partial charge in [0.05, 0.1) is 6.10 Å². The van der Waals surface area contributed by atoms with Crippen LogP contribution in [0.2, 0.25) is 0 Å². The smallest absolute Gasteiger partial charge is 0.0761 e. The van der Waals surface area contributed by atoms with Gasteiger partial charge in [-0.2, -0.15) is 0 Å². The molecule has 0 spiro atoms. The molecule has 2 nitrogen and oxygen atoms in total. The largest absolute Gasteiger partial charge is 0.389 e. The summed E-state index contributed by atoms with van der Waals surface area (Å²) in [5, 5.41) is 9.45. The minimum atomic E-state index is -0.355. The van der Waals surface area contributed by atoms with Gasteiger partial charge in [-0.15, -0.1) is 0 Å². The van der Waals surface area contributed by atoms with Crippen molar-refractivity contribution in [3.63, 3.8) is 0 Å². The fourth-order valence-corrected chi connectivity index (χ4v) is 2.39. The maximum Gasteiger partial charge on any atom is 0.0761 e. The first-order valence-electron chi connectivity index (χ1n) is 6.13. The maximum atomic E-state index is 9.45. The molecule has 1 saturated heterocycles. The van der Waals surface area contributed by atoms with Crippen LogP contribution >= 0.6 is 0 Å². The summed E-state index contributed by atoms with van der Waals surface area (Å²) in [4.78, 5) is 2.39. The van der Waals surface area contributed by atoms with Gasteiger partial charge in [0.15, 0.2) is 0 Å². The van der Waals surface area contributed by atoms with E-state index in [4.69, 9.17) is 0 Å². The molecule has 0 saturated carbocycles. The molecular formula is C14H21NO. The minimum absolute atomic E-state index is 0.355. The van der Waals surface area contributed by atoms with Crippen molar-refractivity contribution < 1.29 is 5.11 Å². The predicted octanol–water partition coefficient (Wildman–Crippen LogP) is 2.55. The van der Waals surface area contributed by atoms with E-state index in [-0.39, 0.29) is 6.10 Å². The molecule has 16 heavy (non-hydrogen) atoms. The third-order valence-electron chi connectivity index (χ3n) is 3.61. The Morgan fingerprint density at radius 2 is 1.75 bits per heavy atom. The fourth-order valence-electron chi connectivity index (χ4n) is 2.39. The van der Waals surface area contributed by atoms with Gasteiger partial charge in [0.2, 0.25) is 0 Å². The van der Waals surface area contributed by atoms with Crippen LogP contribution in [-0.2, 0) is 0 Å². The number of benzene rings is 1. The van der Waals surface area contributed by atoms with Crippen LogP contribution in [0.4, 0.5) is 0 Å². The molecule has 1 N–H and O–H groups in total. The zero-order chi connectivity index (χ0) is 11.5. The Hall–Kier alpha value is -0.860. The lowest BCUT2D eigenvalue weighted by molar-refractivity contribution is 0.199. The molecule has 1 fully saturated rings. The molecule has 1 aromatic carbocycles. The Morgan fingerprint density at radius 3 is 2.25 bits per heavy atom. The summed E-state index contributed by atoms with van der Waals surface area (Å²) in [6.45, 7) is 4.20. The molecule has 1 atom stereocenters. The van der Waals surface area contributed by atoms with Crippen molar-refractivity contribution in [3.8, 4) is 0 Å². The zero-order valence-corrected chi connectivity index (χ0v) is 10.2. The predicted molar refractivity (Wildman–Crippen MR) is 66.5 cm³/mol. The van der Waals surface area contributed by atoms with E-state index in [0.717, 1.165) is 5.56 Å². The van der Waals surface area contributed by atoms with Gasteiger partial charge >= 0.3 is 0 Å². The molecule has 1 aliphatic rings. The van der Waals surface area contributed by atoms with Crippen LogP contribution in [0.1, 0.15) is 42.9 Å². The first-order valence-corrected chi connectivity index (χ1v) is 6.13. The van der Waals surface area contributed by atoms with Gasteiger partial charge in [-0.3, -0.25) is 0 Å². The quantitative estimate of drug-likeness (QED) is 0.826. The van der Waals surface area contributed by atoms with Crippen molar-refractivity contribution in [2.75, 3.05) is 20.1 Å². The highest BCUT2D eigenvalue weighted by atomic mass is 16.3. The van der Waals surface area contributed by atoms with Crippen molar-refractivity contribution in [2.24, 2.45) is 0 Å². The highest BCUT2D eigenvalue weighted by Crippen LogP contribution is 2.28. The summed E-state index contributed by atoms with van der Waals surface area (Å²) in [7, 11) is 2.19. The van der Waals surface area contributed by atoms with Crippen LogP contribution < -0.4 is 0 Å². The molecule has 1 unspecified atom stereocenters. The van der Waals surface area contributed by atoms with Crippen molar-refractivity contribution in [1.82, 2.24) is 4.90 Å². The van der Waals surface area contributed by atoms with E-state index in [1.165, 1.54) is 31.5 Å². The Bertz CT molecular complexity index is 323. The van der Waals surface area contributed by atoms with E-state index in [2.05, 4.69) is 36.2 Å². The van der Waals surface area contributed by atoms with Gasteiger partial charge in [0.25, 0.3) is 0 Å². The van der Waals surface area contributed by atoms with E-state index < -0.39 is 0 Å². The minimum Gasteiger partial charge on any atom is -0.389 e. The van der Waals surface area contributed by atoms with E-state index in [9.17, 15) is 5.11 Å². The average molecular weight is 219 g/mol.